The molecule has 0 atom stereocenters. The summed E-state index contributed by atoms with van der Waals surface area (Å²) in [4.78, 5) is 4.25. The summed E-state index contributed by atoms with van der Waals surface area (Å²) in [6, 6.07) is 3.98. The molecule has 4 heteroatoms. The van der Waals surface area contributed by atoms with Crippen molar-refractivity contribution in [2.45, 2.75) is 39.8 Å². The molecule has 2 aromatic heterocycles. The first-order valence-corrected chi connectivity index (χ1v) is 6.16. The lowest BCUT2D eigenvalue weighted by molar-refractivity contribution is 0.355. The SMILES string of the molecule is Cc1ncccc1NCc1cnn(C(C)(C)C)c1. The molecular formula is C14H20N4. The molecule has 96 valence electrons. The number of aromatic nitrogens is 3. The molecule has 0 amide bonds. The zero-order chi connectivity index (χ0) is 13.2. The van der Waals surface area contributed by atoms with E-state index in [1.165, 1.54) is 5.56 Å². The van der Waals surface area contributed by atoms with E-state index in [1.54, 1.807) is 6.20 Å². The van der Waals surface area contributed by atoms with Gasteiger partial charge in [0, 0.05) is 24.5 Å². The number of hydrogen-bond acceptors (Lipinski definition) is 3. The molecule has 0 fully saturated rings. The molecule has 0 saturated heterocycles. The number of nitrogens with one attached hydrogen (secondary N) is 1. The van der Waals surface area contributed by atoms with E-state index < -0.39 is 0 Å². The molecule has 2 rings (SSSR count). The van der Waals surface area contributed by atoms with Crippen LogP contribution in [0.5, 0.6) is 0 Å². The molecule has 0 unspecified atom stereocenters. The highest BCUT2D eigenvalue weighted by Gasteiger charge is 2.13. The van der Waals surface area contributed by atoms with E-state index in [2.05, 4.69) is 42.4 Å². The molecule has 0 aliphatic heterocycles. The molecular weight excluding hydrogens is 224 g/mol. The summed E-state index contributed by atoms with van der Waals surface area (Å²) in [5.74, 6) is 0. The van der Waals surface area contributed by atoms with Crippen molar-refractivity contribution in [3.63, 3.8) is 0 Å². The van der Waals surface area contributed by atoms with E-state index in [-0.39, 0.29) is 5.54 Å². The zero-order valence-corrected chi connectivity index (χ0v) is 11.4. The Hall–Kier alpha value is -1.84. The van der Waals surface area contributed by atoms with Gasteiger partial charge in [0.1, 0.15) is 0 Å². The molecule has 0 spiro atoms. The van der Waals surface area contributed by atoms with Gasteiger partial charge in [-0.1, -0.05) is 0 Å². The Morgan fingerprint density at radius 1 is 1.33 bits per heavy atom. The van der Waals surface area contributed by atoms with Crippen LogP contribution in [-0.2, 0) is 12.1 Å². The highest BCUT2D eigenvalue weighted by atomic mass is 15.3. The summed E-state index contributed by atoms with van der Waals surface area (Å²) < 4.78 is 1.99. The van der Waals surface area contributed by atoms with Crippen LogP contribution in [0.4, 0.5) is 5.69 Å². The third kappa shape index (κ3) is 2.88. The van der Waals surface area contributed by atoms with E-state index in [1.807, 2.05) is 29.9 Å². The standard InChI is InChI=1S/C14H20N4/c1-11-13(6-5-7-15-11)16-8-12-9-17-18(10-12)14(2,3)4/h5-7,9-10,16H,8H2,1-4H3. The minimum Gasteiger partial charge on any atom is -0.379 e. The van der Waals surface area contributed by atoms with Crippen molar-refractivity contribution >= 4 is 5.69 Å². The third-order valence-corrected chi connectivity index (χ3v) is 2.81. The Bertz CT molecular complexity index is 523. The fourth-order valence-electron chi connectivity index (χ4n) is 1.69. The van der Waals surface area contributed by atoms with Crippen molar-refractivity contribution in [3.05, 3.63) is 42.0 Å². The Morgan fingerprint density at radius 2 is 2.11 bits per heavy atom. The highest BCUT2D eigenvalue weighted by Crippen LogP contribution is 2.15. The summed E-state index contributed by atoms with van der Waals surface area (Å²) >= 11 is 0. The summed E-state index contributed by atoms with van der Waals surface area (Å²) in [6.07, 6.45) is 5.79. The summed E-state index contributed by atoms with van der Waals surface area (Å²) in [5.41, 5.74) is 3.29. The Balaban J connectivity index is 2.03. The van der Waals surface area contributed by atoms with Crippen molar-refractivity contribution in [2.24, 2.45) is 0 Å². The van der Waals surface area contributed by atoms with Crippen LogP contribution in [0.1, 0.15) is 32.0 Å². The predicted octanol–water partition coefficient (Wildman–Crippen LogP) is 2.95. The van der Waals surface area contributed by atoms with Crippen molar-refractivity contribution in [1.82, 2.24) is 14.8 Å². The molecule has 0 aromatic carbocycles. The van der Waals surface area contributed by atoms with Gasteiger partial charge in [0.15, 0.2) is 0 Å². The van der Waals surface area contributed by atoms with Crippen LogP contribution in [0.25, 0.3) is 0 Å². The average molecular weight is 244 g/mol. The average Bonchev–Trinajstić information content (AvgIpc) is 2.76. The van der Waals surface area contributed by atoms with Gasteiger partial charge in [0.05, 0.1) is 23.1 Å². The van der Waals surface area contributed by atoms with Gasteiger partial charge in [0.2, 0.25) is 0 Å². The fraction of sp³-hybridized carbons (Fsp3) is 0.429. The van der Waals surface area contributed by atoms with Gasteiger partial charge in [0.25, 0.3) is 0 Å². The molecule has 1 N–H and O–H groups in total. The van der Waals surface area contributed by atoms with Crippen molar-refractivity contribution < 1.29 is 0 Å². The molecule has 0 bridgehead atoms. The Morgan fingerprint density at radius 3 is 2.72 bits per heavy atom. The summed E-state index contributed by atoms with van der Waals surface area (Å²) in [6.45, 7) is 9.19. The van der Waals surface area contributed by atoms with Crippen molar-refractivity contribution in [2.75, 3.05) is 5.32 Å². The van der Waals surface area contributed by atoms with Crippen LogP contribution in [0.15, 0.2) is 30.7 Å². The molecule has 18 heavy (non-hydrogen) atoms. The van der Waals surface area contributed by atoms with Crippen LogP contribution in [-0.4, -0.2) is 14.8 Å². The second-order valence-corrected chi connectivity index (χ2v) is 5.45. The number of pyridine rings is 1. The van der Waals surface area contributed by atoms with E-state index in [0.717, 1.165) is 17.9 Å². The second kappa shape index (κ2) is 4.80. The molecule has 0 aliphatic rings. The van der Waals surface area contributed by atoms with Gasteiger partial charge in [-0.3, -0.25) is 9.67 Å². The van der Waals surface area contributed by atoms with Gasteiger partial charge in [-0.2, -0.15) is 5.10 Å². The fourth-order valence-corrected chi connectivity index (χ4v) is 1.69. The highest BCUT2D eigenvalue weighted by molar-refractivity contribution is 5.46. The number of hydrogen-bond donors (Lipinski definition) is 1. The third-order valence-electron chi connectivity index (χ3n) is 2.81. The first-order valence-electron chi connectivity index (χ1n) is 6.16. The maximum Gasteiger partial charge on any atom is 0.0603 e. The Kier molecular flexibility index (Phi) is 3.36. The predicted molar refractivity (Wildman–Crippen MR) is 73.5 cm³/mol. The van der Waals surface area contributed by atoms with Crippen LogP contribution in [0.2, 0.25) is 0 Å². The van der Waals surface area contributed by atoms with Crippen LogP contribution >= 0.6 is 0 Å². The monoisotopic (exact) mass is 244 g/mol. The van der Waals surface area contributed by atoms with Gasteiger partial charge >= 0.3 is 0 Å². The van der Waals surface area contributed by atoms with E-state index in [0.29, 0.717) is 0 Å². The van der Waals surface area contributed by atoms with Crippen LogP contribution in [0.3, 0.4) is 0 Å². The van der Waals surface area contributed by atoms with Gasteiger partial charge < -0.3 is 5.32 Å². The first kappa shape index (κ1) is 12.6. The maximum atomic E-state index is 4.38. The molecule has 2 aromatic rings. The minimum absolute atomic E-state index is 0.0302. The van der Waals surface area contributed by atoms with Gasteiger partial charge in [-0.25, -0.2) is 0 Å². The lowest BCUT2D eigenvalue weighted by Gasteiger charge is -2.18. The minimum atomic E-state index is 0.0302. The first-order chi connectivity index (χ1) is 8.47. The lowest BCUT2D eigenvalue weighted by Crippen LogP contribution is -2.21. The Labute approximate surface area is 108 Å². The van der Waals surface area contributed by atoms with Gasteiger partial charge in [-0.15, -0.1) is 0 Å². The van der Waals surface area contributed by atoms with E-state index in [9.17, 15) is 0 Å². The molecule has 0 saturated carbocycles. The summed E-state index contributed by atoms with van der Waals surface area (Å²) in [7, 11) is 0. The number of anilines is 1. The quantitative estimate of drug-likeness (QED) is 0.902. The normalized spacial score (nSPS) is 11.6. The van der Waals surface area contributed by atoms with E-state index in [4.69, 9.17) is 0 Å². The largest absolute Gasteiger partial charge is 0.379 e. The number of rotatable bonds is 3. The number of nitrogens with zero attached hydrogens (tertiary/aromatic N) is 3. The summed E-state index contributed by atoms with van der Waals surface area (Å²) in [5, 5.41) is 7.76. The molecule has 2 heterocycles. The second-order valence-electron chi connectivity index (χ2n) is 5.45. The van der Waals surface area contributed by atoms with E-state index >= 15 is 0 Å². The maximum absolute atomic E-state index is 4.38. The molecule has 0 aliphatic carbocycles. The zero-order valence-electron chi connectivity index (χ0n) is 11.4. The lowest BCUT2D eigenvalue weighted by atomic mass is 10.1. The van der Waals surface area contributed by atoms with Crippen LogP contribution in [0, 0.1) is 6.92 Å². The topological polar surface area (TPSA) is 42.7 Å². The van der Waals surface area contributed by atoms with Gasteiger partial charge in [-0.05, 0) is 39.8 Å². The molecule has 0 radical (unpaired) electrons. The smallest absolute Gasteiger partial charge is 0.0603 e. The molecule has 4 nitrogen and oxygen atoms in total. The van der Waals surface area contributed by atoms with Crippen LogP contribution < -0.4 is 5.32 Å². The van der Waals surface area contributed by atoms with Crippen molar-refractivity contribution in [1.29, 1.82) is 0 Å². The number of aryl methyl sites for hydroxylation is 1. The van der Waals surface area contributed by atoms with Crippen molar-refractivity contribution in [3.8, 4) is 0 Å².